The lowest BCUT2D eigenvalue weighted by Crippen LogP contribution is -2.50. The SMILES string of the molecule is CCCCCCO[Si](C)(C)c1c(F)c(F)c(F)c(F)c1F. The van der Waals surface area contributed by atoms with E-state index in [0.717, 1.165) is 19.3 Å². The van der Waals surface area contributed by atoms with Crippen LogP contribution in [0.5, 0.6) is 0 Å². The molecule has 0 saturated carbocycles. The van der Waals surface area contributed by atoms with Gasteiger partial charge < -0.3 is 4.43 Å². The first-order valence-corrected chi connectivity index (χ1v) is 9.80. The van der Waals surface area contributed by atoms with Crippen LogP contribution in [-0.4, -0.2) is 14.9 Å². The molecule has 1 nitrogen and oxygen atoms in total. The second-order valence-electron chi connectivity index (χ2n) is 5.36. The standard InChI is InChI=1S/C14H19F5OSi/c1-4-5-6-7-8-20-21(2,3)14-12(18)10(16)9(15)11(17)13(14)19/h4-8H2,1-3H3. The van der Waals surface area contributed by atoms with Crippen molar-refractivity contribution in [2.45, 2.75) is 45.7 Å². The third-order valence-corrected chi connectivity index (χ3v) is 5.84. The summed E-state index contributed by atoms with van der Waals surface area (Å²) in [5.41, 5.74) is 0. The summed E-state index contributed by atoms with van der Waals surface area (Å²) in [5, 5.41) is -0.797. The van der Waals surface area contributed by atoms with Crippen LogP contribution in [-0.2, 0) is 4.43 Å². The van der Waals surface area contributed by atoms with Crippen molar-refractivity contribution in [3.05, 3.63) is 29.1 Å². The maximum absolute atomic E-state index is 13.8. The number of rotatable bonds is 7. The second-order valence-corrected chi connectivity index (χ2v) is 9.17. The van der Waals surface area contributed by atoms with Gasteiger partial charge in [-0.15, -0.1) is 0 Å². The molecular weight excluding hydrogens is 307 g/mol. The molecule has 7 heteroatoms. The minimum atomic E-state index is -3.21. The molecule has 0 aliphatic heterocycles. The lowest BCUT2D eigenvalue weighted by Gasteiger charge is -2.24. The van der Waals surface area contributed by atoms with Crippen LogP contribution < -0.4 is 5.19 Å². The van der Waals surface area contributed by atoms with Crippen LogP contribution in [0, 0.1) is 29.1 Å². The Hall–Kier alpha value is -0.953. The molecule has 1 aromatic carbocycles. The lowest BCUT2D eigenvalue weighted by molar-refractivity contribution is 0.299. The summed E-state index contributed by atoms with van der Waals surface area (Å²) in [7, 11) is -3.21. The summed E-state index contributed by atoms with van der Waals surface area (Å²) < 4.78 is 72.5. The Kier molecular flexibility index (Phi) is 6.34. The number of hydrogen-bond acceptors (Lipinski definition) is 1. The molecule has 1 rings (SSSR count). The van der Waals surface area contributed by atoms with Crippen LogP contribution in [0.4, 0.5) is 22.0 Å². The number of unbranched alkanes of at least 4 members (excludes halogenated alkanes) is 3. The van der Waals surface area contributed by atoms with E-state index in [-0.39, 0.29) is 6.61 Å². The van der Waals surface area contributed by atoms with Gasteiger partial charge in [0.1, 0.15) is 0 Å². The maximum Gasteiger partial charge on any atom is 0.224 e. The van der Waals surface area contributed by atoms with Crippen LogP contribution in [0.15, 0.2) is 0 Å². The Balaban J connectivity index is 2.98. The van der Waals surface area contributed by atoms with E-state index in [2.05, 4.69) is 0 Å². The summed E-state index contributed by atoms with van der Waals surface area (Å²) in [6, 6.07) is 0. The topological polar surface area (TPSA) is 9.23 Å². The Morgan fingerprint density at radius 3 is 1.71 bits per heavy atom. The third-order valence-electron chi connectivity index (χ3n) is 3.27. The summed E-state index contributed by atoms with van der Waals surface area (Å²) >= 11 is 0. The van der Waals surface area contributed by atoms with E-state index in [4.69, 9.17) is 4.43 Å². The largest absolute Gasteiger partial charge is 0.413 e. The van der Waals surface area contributed by atoms with Gasteiger partial charge in [0.25, 0.3) is 0 Å². The molecule has 0 radical (unpaired) electrons. The first-order valence-electron chi connectivity index (χ1n) is 6.89. The first kappa shape index (κ1) is 18.1. The molecule has 0 aliphatic carbocycles. The predicted molar refractivity (Wildman–Crippen MR) is 73.4 cm³/mol. The Bertz CT molecular complexity index is 476. The minimum absolute atomic E-state index is 0.249. The molecule has 0 N–H and O–H groups in total. The average molecular weight is 326 g/mol. The lowest BCUT2D eigenvalue weighted by atomic mass is 10.2. The summed E-state index contributed by atoms with van der Waals surface area (Å²) in [6.07, 6.45) is 3.63. The molecule has 0 atom stereocenters. The van der Waals surface area contributed by atoms with Crippen molar-refractivity contribution >= 4 is 13.5 Å². The van der Waals surface area contributed by atoms with E-state index in [1.165, 1.54) is 13.1 Å². The molecule has 1 aromatic rings. The highest BCUT2D eigenvalue weighted by molar-refractivity contribution is 6.84. The van der Waals surface area contributed by atoms with E-state index in [1.807, 2.05) is 6.92 Å². The number of halogens is 5. The predicted octanol–water partition coefficient (Wildman–Crippen LogP) is 4.39. The average Bonchev–Trinajstić information content (AvgIpc) is 2.42. The van der Waals surface area contributed by atoms with E-state index < -0.39 is 42.6 Å². The van der Waals surface area contributed by atoms with E-state index in [9.17, 15) is 22.0 Å². The zero-order valence-electron chi connectivity index (χ0n) is 12.3. The second kappa shape index (κ2) is 7.35. The van der Waals surface area contributed by atoms with E-state index >= 15 is 0 Å². The van der Waals surface area contributed by atoms with E-state index in [0.29, 0.717) is 6.42 Å². The highest BCUT2D eigenvalue weighted by Gasteiger charge is 2.37. The third kappa shape index (κ3) is 4.03. The molecule has 0 aromatic heterocycles. The van der Waals surface area contributed by atoms with Crippen molar-refractivity contribution in [3.8, 4) is 0 Å². The first-order chi connectivity index (χ1) is 9.74. The fourth-order valence-electron chi connectivity index (χ4n) is 2.06. The molecule has 0 saturated heterocycles. The molecule has 21 heavy (non-hydrogen) atoms. The smallest absolute Gasteiger partial charge is 0.224 e. The van der Waals surface area contributed by atoms with Crippen LogP contribution in [0.3, 0.4) is 0 Å². The Morgan fingerprint density at radius 2 is 1.24 bits per heavy atom. The van der Waals surface area contributed by atoms with Crippen molar-refractivity contribution in [2.75, 3.05) is 6.61 Å². The van der Waals surface area contributed by atoms with Crippen molar-refractivity contribution in [3.63, 3.8) is 0 Å². The highest BCUT2D eigenvalue weighted by atomic mass is 28.4. The fraction of sp³-hybridized carbons (Fsp3) is 0.571. The monoisotopic (exact) mass is 326 g/mol. The van der Waals surface area contributed by atoms with Gasteiger partial charge in [0, 0.05) is 11.8 Å². The van der Waals surface area contributed by atoms with Crippen molar-refractivity contribution in [1.29, 1.82) is 0 Å². The molecule has 0 fully saturated rings. The van der Waals surface area contributed by atoms with Gasteiger partial charge >= 0.3 is 0 Å². The van der Waals surface area contributed by atoms with Crippen molar-refractivity contribution in [2.24, 2.45) is 0 Å². The van der Waals surface area contributed by atoms with Gasteiger partial charge in [0.15, 0.2) is 23.3 Å². The molecule has 0 amide bonds. The molecular formula is C14H19F5OSi. The van der Waals surface area contributed by atoms with Gasteiger partial charge in [-0.1, -0.05) is 26.2 Å². The highest BCUT2D eigenvalue weighted by Crippen LogP contribution is 2.20. The van der Waals surface area contributed by atoms with Gasteiger partial charge in [-0.25, -0.2) is 22.0 Å². The zero-order valence-corrected chi connectivity index (χ0v) is 13.3. The number of hydrogen-bond donors (Lipinski definition) is 0. The summed E-state index contributed by atoms with van der Waals surface area (Å²) in [5.74, 6) is -9.53. The molecule has 0 unspecified atom stereocenters. The Labute approximate surface area is 122 Å². The van der Waals surface area contributed by atoms with Crippen LogP contribution in [0.1, 0.15) is 32.6 Å². The summed E-state index contributed by atoms with van der Waals surface area (Å²) in [6.45, 7) is 5.13. The van der Waals surface area contributed by atoms with Gasteiger partial charge in [0.2, 0.25) is 14.1 Å². The molecule has 0 aliphatic rings. The van der Waals surface area contributed by atoms with Gasteiger partial charge in [-0.05, 0) is 19.5 Å². The quantitative estimate of drug-likeness (QED) is 0.237. The molecule has 0 spiro atoms. The molecule has 120 valence electrons. The van der Waals surface area contributed by atoms with Crippen molar-refractivity contribution in [1.82, 2.24) is 0 Å². The van der Waals surface area contributed by atoms with Crippen molar-refractivity contribution < 1.29 is 26.4 Å². The zero-order chi connectivity index (χ0) is 16.2. The molecule has 0 bridgehead atoms. The Morgan fingerprint density at radius 1 is 0.762 bits per heavy atom. The van der Waals surface area contributed by atoms with Crippen LogP contribution >= 0.6 is 0 Å². The fourth-order valence-corrected chi connectivity index (χ4v) is 4.14. The van der Waals surface area contributed by atoms with Crippen LogP contribution in [0.2, 0.25) is 13.1 Å². The van der Waals surface area contributed by atoms with Gasteiger partial charge in [-0.2, -0.15) is 0 Å². The maximum atomic E-state index is 13.8. The van der Waals surface area contributed by atoms with Crippen LogP contribution in [0.25, 0.3) is 0 Å². The summed E-state index contributed by atoms with van der Waals surface area (Å²) in [4.78, 5) is 0. The van der Waals surface area contributed by atoms with Gasteiger partial charge in [0.05, 0.1) is 0 Å². The van der Waals surface area contributed by atoms with E-state index in [1.54, 1.807) is 0 Å². The molecule has 0 heterocycles. The van der Waals surface area contributed by atoms with Gasteiger partial charge in [-0.3, -0.25) is 0 Å². The normalized spacial score (nSPS) is 12.0. The minimum Gasteiger partial charge on any atom is -0.413 e. The number of benzene rings is 1.